The topological polar surface area (TPSA) is 30.7 Å². The number of hydrogen-bond acceptors (Lipinski definition) is 2. The van der Waals surface area contributed by atoms with Crippen LogP contribution >= 0.6 is 34.2 Å². The Morgan fingerprint density at radius 1 is 1.17 bits per heavy atom. The van der Waals surface area contributed by atoms with Gasteiger partial charge in [-0.15, -0.1) is 0 Å². The van der Waals surface area contributed by atoms with Crippen molar-refractivity contribution in [1.29, 1.82) is 0 Å². The summed E-state index contributed by atoms with van der Waals surface area (Å²) in [6.07, 6.45) is 1.78. The molecule has 0 saturated carbocycles. The Bertz CT molecular complexity index is 708. The number of pyridine rings is 1. The summed E-state index contributed by atoms with van der Waals surface area (Å²) in [5.74, 6) is 0. The van der Waals surface area contributed by atoms with E-state index < -0.39 is 0 Å². The Labute approximate surface area is 123 Å². The predicted molar refractivity (Wildman–Crippen MR) is 80.8 cm³/mol. The van der Waals surface area contributed by atoms with Crippen LogP contribution in [0.4, 0.5) is 0 Å². The van der Waals surface area contributed by atoms with Crippen LogP contribution in [-0.4, -0.2) is 14.8 Å². The van der Waals surface area contributed by atoms with Gasteiger partial charge in [-0.05, 0) is 46.4 Å². The number of fused-ring (bicyclic) bond motifs is 1. The molecule has 5 heteroatoms. The average molecular weight is 370 g/mol. The van der Waals surface area contributed by atoms with Gasteiger partial charge in [-0.25, -0.2) is 9.67 Å². The molecule has 1 aromatic carbocycles. The van der Waals surface area contributed by atoms with Gasteiger partial charge >= 0.3 is 0 Å². The zero-order valence-corrected chi connectivity index (χ0v) is 12.3. The molecule has 0 N–H and O–H groups in total. The quantitative estimate of drug-likeness (QED) is 0.644. The van der Waals surface area contributed by atoms with E-state index in [1.54, 1.807) is 6.20 Å². The molecule has 3 rings (SSSR count). The molecule has 0 fully saturated rings. The van der Waals surface area contributed by atoms with E-state index in [-0.39, 0.29) is 0 Å². The van der Waals surface area contributed by atoms with E-state index in [1.807, 2.05) is 41.1 Å². The van der Waals surface area contributed by atoms with Crippen LogP contribution in [0.1, 0.15) is 5.56 Å². The summed E-state index contributed by atoms with van der Waals surface area (Å²) in [6, 6.07) is 11.7. The molecule has 0 amide bonds. The maximum absolute atomic E-state index is 6.17. The molecule has 2 heterocycles. The van der Waals surface area contributed by atoms with Crippen molar-refractivity contribution in [3.63, 3.8) is 0 Å². The number of nitrogens with zero attached hydrogens (tertiary/aromatic N) is 3. The molecule has 18 heavy (non-hydrogen) atoms. The van der Waals surface area contributed by atoms with Crippen molar-refractivity contribution in [1.82, 2.24) is 14.8 Å². The van der Waals surface area contributed by atoms with E-state index >= 15 is 0 Å². The van der Waals surface area contributed by atoms with Crippen LogP contribution in [0.2, 0.25) is 5.02 Å². The summed E-state index contributed by atoms with van der Waals surface area (Å²) < 4.78 is 2.85. The molecule has 0 aliphatic rings. The first kappa shape index (κ1) is 11.9. The first-order valence-corrected chi connectivity index (χ1v) is 6.92. The lowest BCUT2D eigenvalue weighted by atomic mass is 10.2. The van der Waals surface area contributed by atoms with E-state index in [4.69, 9.17) is 11.6 Å². The fraction of sp³-hybridized carbons (Fsp3) is 0.0769. The molecule has 0 saturated heterocycles. The maximum Gasteiger partial charge on any atom is 0.159 e. The van der Waals surface area contributed by atoms with Crippen LogP contribution in [0, 0.1) is 3.70 Å². The Kier molecular flexibility index (Phi) is 3.22. The van der Waals surface area contributed by atoms with Crippen molar-refractivity contribution >= 4 is 45.2 Å². The second-order valence-electron chi connectivity index (χ2n) is 3.91. The molecule has 0 radical (unpaired) electrons. The first-order chi connectivity index (χ1) is 8.75. The van der Waals surface area contributed by atoms with Gasteiger partial charge < -0.3 is 0 Å². The van der Waals surface area contributed by atoms with Gasteiger partial charge in [0.05, 0.1) is 11.9 Å². The Balaban J connectivity index is 2.08. The van der Waals surface area contributed by atoms with Gasteiger partial charge in [-0.1, -0.05) is 29.8 Å². The third-order valence-electron chi connectivity index (χ3n) is 2.74. The average Bonchev–Trinajstić information content (AvgIpc) is 2.70. The fourth-order valence-electron chi connectivity index (χ4n) is 1.87. The number of rotatable bonds is 2. The van der Waals surface area contributed by atoms with Gasteiger partial charge in [0.1, 0.15) is 3.70 Å². The Morgan fingerprint density at radius 3 is 2.83 bits per heavy atom. The third-order valence-corrected chi connectivity index (χ3v) is 3.91. The van der Waals surface area contributed by atoms with Crippen LogP contribution in [0.15, 0.2) is 42.6 Å². The summed E-state index contributed by atoms with van der Waals surface area (Å²) in [6.45, 7) is 0.635. The first-order valence-electron chi connectivity index (χ1n) is 5.46. The lowest BCUT2D eigenvalue weighted by Gasteiger charge is -2.04. The van der Waals surface area contributed by atoms with Crippen LogP contribution in [0.3, 0.4) is 0 Å². The molecule has 3 aromatic rings. The molecule has 90 valence electrons. The van der Waals surface area contributed by atoms with Crippen LogP contribution in [0.5, 0.6) is 0 Å². The number of benzene rings is 1. The van der Waals surface area contributed by atoms with E-state index in [2.05, 4.69) is 32.7 Å². The molecule has 0 unspecified atom stereocenters. The van der Waals surface area contributed by atoms with Crippen molar-refractivity contribution in [2.24, 2.45) is 0 Å². The van der Waals surface area contributed by atoms with Gasteiger partial charge in [0, 0.05) is 11.2 Å². The fourth-order valence-corrected chi connectivity index (χ4v) is 2.75. The summed E-state index contributed by atoms with van der Waals surface area (Å²) in [7, 11) is 0. The summed E-state index contributed by atoms with van der Waals surface area (Å²) in [5, 5.41) is 6.34. The van der Waals surface area contributed by atoms with Crippen molar-refractivity contribution in [2.45, 2.75) is 6.54 Å². The van der Waals surface area contributed by atoms with Crippen LogP contribution in [0.25, 0.3) is 11.0 Å². The smallest absolute Gasteiger partial charge is 0.159 e. The van der Waals surface area contributed by atoms with Crippen molar-refractivity contribution in [3.8, 4) is 0 Å². The van der Waals surface area contributed by atoms with Crippen LogP contribution in [-0.2, 0) is 6.54 Å². The van der Waals surface area contributed by atoms with E-state index in [9.17, 15) is 0 Å². The highest BCUT2D eigenvalue weighted by atomic mass is 127. The monoisotopic (exact) mass is 369 g/mol. The van der Waals surface area contributed by atoms with Gasteiger partial charge in [0.15, 0.2) is 5.65 Å². The Morgan fingerprint density at radius 2 is 2.00 bits per heavy atom. The zero-order valence-electron chi connectivity index (χ0n) is 9.35. The largest absolute Gasteiger partial charge is 0.242 e. The Hall–Kier alpha value is -1.14. The summed E-state index contributed by atoms with van der Waals surface area (Å²) >= 11 is 8.39. The molecular formula is C13H9ClIN3. The van der Waals surface area contributed by atoms with Crippen molar-refractivity contribution in [2.75, 3.05) is 0 Å². The highest BCUT2D eigenvalue weighted by Crippen LogP contribution is 2.21. The molecule has 0 aliphatic heterocycles. The summed E-state index contributed by atoms with van der Waals surface area (Å²) in [4.78, 5) is 4.38. The minimum Gasteiger partial charge on any atom is -0.242 e. The number of hydrogen-bond donors (Lipinski definition) is 0. The molecule has 0 spiro atoms. The minimum absolute atomic E-state index is 0.635. The lowest BCUT2D eigenvalue weighted by molar-refractivity contribution is 0.698. The van der Waals surface area contributed by atoms with Gasteiger partial charge in [-0.3, -0.25) is 0 Å². The normalized spacial score (nSPS) is 11.0. The third kappa shape index (κ3) is 2.10. The summed E-state index contributed by atoms with van der Waals surface area (Å²) in [5.41, 5.74) is 1.94. The highest BCUT2D eigenvalue weighted by Gasteiger charge is 2.10. The van der Waals surface area contributed by atoms with Gasteiger partial charge in [0.25, 0.3) is 0 Å². The maximum atomic E-state index is 6.17. The standard InChI is InChI=1S/C13H9ClIN3/c14-11-6-2-1-4-9(11)8-18-13-10(12(15)17-18)5-3-7-16-13/h1-7H,8H2. The van der Waals surface area contributed by atoms with E-state index in [0.717, 1.165) is 25.3 Å². The molecule has 0 atom stereocenters. The predicted octanol–water partition coefficient (Wildman–Crippen LogP) is 3.74. The number of aromatic nitrogens is 3. The van der Waals surface area contributed by atoms with Crippen molar-refractivity contribution in [3.05, 3.63) is 56.9 Å². The van der Waals surface area contributed by atoms with Crippen molar-refractivity contribution < 1.29 is 0 Å². The highest BCUT2D eigenvalue weighted by molar-refractivity contribution is 14.1. The molecular weight excluding hydrogens is 361 g/mol. The molecule has 0 aliphatic carbocycles. The second-order valence-corrected chi connectivity index (χ2v) is 5.34. The molecule has 2 aromatic heterocycles. The number of halogens is 2. The lowest BCUT2D eigenvalue weighted by Crippen LogP contribution is -2.03. The van der Waals surface area contributed by atoms with E-state index in [0.29, 0.717) is 6.54 Å². The van der Waals surface area contributed by atoms with E-state index in [1.165, 1.54) is 0 Å². The molecule has 3 nitrogen and oxygen atoms in total. The van der Waals surface area contributed by atoms with Crippen LogP contribution < -0.4 is 0 Å². The van der Waals surface area contributed by atoms with Gasteiger partial charge in [-0.2, -0.15) is 5.10 Å². The SMILES string of the molecule is Clc1ccccc1Cn1nc(I)c2cccnc21. The zero-order chi connectivity index (χ0) is 12.5. The molecule has 0 bridgehead atoms. The second kappa shape index (κ2) is 4.85. The minimum atomic E-state index is 0.635. The van der Waals surface area contributed by atoms with Gasteiger partial charge in [0.2, 0.25) is 0 Å².